The molecule has 0 unspecified atom stereocenters. The number of hydrogen-bond donors (Lipinski definition) is 9. The number of benzene rings is 3. The summed E-state index contributed by atoms with van der Waals surface area (Å²) in [6, 6.07) is 31.6. The lowest BCUT2D eigenvalue weighted by Gasteiger charge is -2.34. The Morgan fingerprint density at radius 3 is 1.23 bits per heavy atom. The van der Waals surface area contributed by atoms with Crippen LogP contribution in [0.4, 0.5) is 63.3 Å². The number of likely N-dealkylation sites (N-methyl/N-ethyl adjacent to an activating group) is 4. The van der Waals surface area contributed by atoms with Crippen molar-refractivity contribution in [2.45, 2.75) is 95.4 Å². The molecule has 0 bridgehead atoms. The third kappa shape index (κ3) is 12.9. The first-order chi connectivity index (χ1) is 49.9. The van der Waals surface area contributed by atoms with Crippen LogP contribution >= 0.6 is 0 Å². The van der Waals surface area contributed by atoms with Gasteiger partial charge in [0.05, 0.1) is 57.5 Å². The molecular formula is C79H88N20O3. The average Bonchev–Trinajstić information content (AvgIpc) is 1.58. The Balaban J connectivity index is 0.000000118. The Labute approximate surface area is 595 Å². The van der Waals surface area contributed by atoms with E-state index in [0.717, 1.165) is 200 Å². The summed E-state index contributed by atoms with van der Waals surface area (Å²) in [5.41, 5.74) is 27.8. The van der Waals surface area contributed by atoms with Gasteiger partial charge in [0.2, 0.25) is 0 Å². The summed E-state index contributed by atoms with van der Waals surface area (Å²) in [6.07, 6.45) is 21.1. The summed E-state index contributed by atoms with van der Waals surface area (Å²) in [4.78, 5) is 77.4. The molecule has 3 fully saturated rings. The lowest BCUT2D eigenvalue weighted by molar-refractivity contribution is 0.0958. The van der Waals surface area contributed by atoms with Gasteiger partial charge in [0, 0.05) is 140 Å². The SMILES string of the molecule is CN1CCc2c(-c3ccc(Nc4ccc(C5CCNCC5)cn4)c4c3CNC4=O)ccnc21.CN1CCc2c(-c3ccc(Nc4ccc(N5CCC[C@@H](N)C5)cn4)c4c3CNC4=O)ccnc21.CN[C@H]1CCCN(c2ccc(Nc3ccc(-c4ccnc5c4CCN5C)c4c3C(=O)NC4)nc2)C1. The van der Waals surface area contributed by atoms with Crippen molar-refractivity contribution in [3.63, 3.8) is 0 Å². The fourth-order valence-corrected chi connectivity index (χ4v) is 16.5. The predicted molar refractivity (Wildman–Crippen MR) is 405 cm³/mol. The number of piperidine rings is 3. The molecule has 2 atom stereocenters. The van der Waals surface area contributed by atoms with E-state index in [2.05, 4.69) is 173 Å². The molecule has 9 aliphatic rings. The molecule has 3 aromatic carbocycles. The van der Waals surface area contributed by atoms with Crippen LogP contribution in [0.15, 0.2) is 128 Å². The Hall–Kier alpha value is -10.8. The lowest BCUT2D eigenvalue weighted by atomic mass is 9.91. The van der Waals surface area contributed by atoms with Crippen LogP contribution in [0, 0.1) is 0 Å². The van der Waals surface area contributed by atoms with Gasteiger partial charge in [0.25, 0.3) is 17.7 Å². The van der Waals surface area contributed by atoms with Crippen molar-refractivity contribution in [3.05, 3.63) is 184 Å². The van der Waals surface area contributed by atoms with Gasteiger partial charge < -0.3 is 72.8 Å². The fraction of sp³-hybridized carbons (Fsp3) is 0.354. The van der Waals surface area contributed by atoms with Crippen molar-refractivity contribution in [1.29, 1.82) is 0 Å². The van der Waals surface area contributed by atoms with E-state index in [1.165, 1.54) is 46.2 Å². The monoisotopic (exact) mass is 1360 g/mol. The molecule has 0 aliphatic carbocycles. The molecule has 522 valence electrons. The molecule has 18 rings (SSSR count). The van der Waals surface area contributed by atoms with E-state index in [4.69, 9.17) is 5.73 Å². The van der Waals surface area contributed by atoms with Gasteiger partial charge in [-0.05, 0) is 206 Å². The highest BCUT2D eigenvalue weighted by Crippen LogP contribution is 2.44. The van der Waals surface area contributed by atoms with Crippen molar-refractivity contribution in [2.75, 3.05) is 128 Å². The number of carbonyl (C=O) groups excluding carboxylic acids is 3. The molecule has 10 N–H and O–H groups in total. The fourth-order valence-electron chi connectivity index (χ4n) is 16.5. The molecule has 3 saturated heterocycles. The molecule has 15 heterocycles. The van der Waals surface area contributed by atoms with Gasteiger partial charge in [-0.15, -0.1) is 0 Å². The topological polar surface area (TPSA) is 267 Å². The average molecular weight is 1370 g/mol. The summed E-state index contributed by atoms with van der Waals surface area (Å²) < 4.78 is 0. The summed E-state index contributed by atoms with van der Waals surface area (Å²) in [7, 11) is 8.26. The Bertz CT molecular complexity index is 4680. The zero-order valence-electron chi connectivity index (χ0n) is 58.4. The number of fused-ring (bicyclic) bond motifs is 6. The highest BCUT2D eigenvalue weighted by Gasteiger charge is 2.34. The molecule has 23 heteroatoms. The quantitative estimate of drug-likeness (QED) is 0.0520. The van der Waals surface area contributed by atoms with Gasteiger partial charge in [-0.1, -0.05) is 24.3 Å². The molecule has 23 nitrogen and oxygen atoms in total. The van der Waals surface area contributed by atoms with Crippen molar-refractivity contribution in [2.24, 2.45) is 5.73 Å². The minimum absolute atomic E-state index is 0.0384. The van der Waals surface area contributed by atoms with Crippen LogP contribution < -0.4 is 72.8 Å². The van der Waals surface area contributed by atoms with Gasteiger partial charge in [0.15, 0.2) is 0 Å². The van der Waals surface area contributed by atoms with E-state index < -0.39 is 0 Å². The minimum Gasteiger partial charge on any atom is -0.369 e. The maximum atomic E-state index is 12.9. The first-order valence-corrected chi connectivity index (χ1v) is 36.1. The molecule has 3 amide bonds. The zero-order chi connectivity index (χ0) is 69.5. The number of anilines is 11. The predicted octanol–water partition coefficient (Wildman–Crippen LogP) is 9.95. The molecule has 0 radical (unpaired) electrons. The van der Waals surface area contributed by atoms with E-state index in [-0.39, 0.29) is 23.8 Å². The smallest absolute Gasteiger partial charge is 0.254 e. The van der Waals surface area contributed by atoms with Gasteiger partial charge in [-0.3, -0.25) is 14.4 Å². The number of rotatable bonds is 13. The number of carbonyl (C=O) groups is 3. The van der Waals surface area contributed by atoms with Crippen LogP contribution in [0.2, 0.25) is 0 Å². The molecular weight excluding hydrogens is 1280 g/mol. The van der Waals surface area contributed by atoms with E-state index in [0.29, 0.717) is 54.1 Å². The Morgan fingerprint density at radius 1 is 0.431 bits per heavy atom. The second-order valence-corrected chi connectivity index (χ2v) is 28.2. The number of nitrogens with zero attached hydrogens (tertiary/aromatic N) is 11. The Morgan fingerprint density at radius 2 is 0.833 bits per heavy atom. The van der Waals surface area contributed by atoms with Crippen molar-refractivity contribution < 1.29 is 14.4 Å². The third-order valence-corrected chi connectivity index (χ3v) is 21.9. The zero-order valence-corrected chi connectivity index (χ0v) is 58.4. The van der Waals surface area contributed by atoms with Crippen molar-refractivity contribution in [1.82, 2.24) is 56.5 Å². The minimum atomic E-state index is -0.0545. The van der Waals surface area contributed by atoms with E-state index >= 15 is 0 Å². The summed E-state index contributed by atoms with van der Waals surface area (Å²) >= 11 is 0. The number of aromatic nitrogens is 6. The second kappa shape index (κ2) is 28.3. The van der Waals surface area contributed by atoms with Gasteiger partial charge in [-0.25, -0.2) is 29.9 Å². The van der Waals surface area contributed by atoms with E-state index in [1.54, 1.807) is 0 Å². The van der Waals surface area contributed by atoms with Gasteiger partial charge in [-0.2, -0.15) is 0 Å². The largest absolute Gasteiger partial charge is 0.369 e. The third-order valence-electron chi connectivity index (χ3n) is 21.9. The molecule has 0 spiro atoms. The van der Waals surface area contributed by atoms with Crippen molar-refractivity contribution >= 4 is 81.1 Å². The molecule has 0 saturated carbocycles. The van der Waals surface area contributed by atoms with Gasteiger partial charge >= 0.3 is 0 Å². The summed E-state index contributed by atoms with van der Waals surface area (Å²) in [6.45, 7) is 10.5. The standard InChI is InChI=1S/C27H31N7O.C26H29N7O.C26H28N6O/c1-28-17-4-3-12-34(16-17)18-5-8-24(30-14-18)32-23-7-6-19(22-15-31-27(35)25(22)23)20-9-11-29-26-21(20)10-13-33(26)2;1-32-12-9-20-19(8-10-28-25(20)32)18-5-6-22(24-21(18)14-30-26(24)34)31-23-7-4-17(13-29-23)33-11-2-3-16(27)15-33;1-32-13-9-20-19(8-12-28-25(20)32)18-3-4-22(24-21(18)15-30-26(24)33)31-23-5-2-17(14-29-23)16-6-10-27-11-7-16/h5-9,11,14,17,28H,3-4,10,12-13,15-16H2,1-2H3,(H,30,32)(H,31,35);4-8,10,13,16H,2-3,9,11-12,14-15,27H2,1H3,(H,29,31)(H,30,34);2-5,8,12,14,16,27H,6-7,9-11,13,15H2,1H3,(H,29,31)(H,30,33)/t17-;16-;/m01./s1. The van der Waals surface area contributed by atoms with Crippen LogP contribution in [0.3, 0.4) is 0 Å². The summed E-state index contributed by atoms with van der Waals surface area (Å²) in [5.74, 6) is 5.75. The number of nitrogens with two attached hydrogens (primary N) is 1. The van der Waals surface area contributed by atoms with Crippen molar-refractivity contribution in [3.8, 4) is 33.4 Å². The second-order valence-electron chi connectivity index (χ2n) is 28.2. The first-order valence-electron chi connectivity index (χ1n) is 36.1. The van der Waals surface area contributed by atoms with Gasteiger partial charge in [0.1, 0.15) is 34.9 Å². The number of pyridine rings is 6. The molecule has 9 aliphatic heterocycles. The van der Waals surface area contributed by atoms with Crippen LogP contribution in [-0.4, -0.2) is 147 Å². The van der Waals surface area contributed by atoms with Crippen LogP contribution in [0.1, 0.15) is 114 Å². The highest BCUT2D eigenvalue weighted by atomic mass is 16.2. The lowest BCUT2D eigenvalue weighted by Crippen LogP contribution is -2.44. The van der Waals surface area contributed by atoms with Crippen LogP contribution in [0.25, 0.3) is 33.4 Å². The van der Waals surface area contributed by atoms with Crippen LogP contribution in [0.5, 0.6) is 0 Å². The van der Waals surface area contributed by atoms with E-state index in [9.17, 15) is 14.4 Å². The molecule has 102 heavy (non-hydrogen) atoms. The number of amides is 3. The first kappa shape index (κ1) is 65.8. The molecule has 9 aromatic rings. The normalized spacial score (nSPS) is 18.6. The van der Waals surface area contributed by atoms with E-state index in [1.807, 2.05) is 80.6 Å². The summed E-state index contributed by atoms with van der Waals surface area (Å²) in [5, 5.41) is 26.0. The Kier molecular flexibility index (Phi) is 18.3. The molecule has 6 aromatic heterocycles. The maximum absolute atomic E-state index is 12.9. The van der Waals surface area contributed by atoms with Crippen LogP contribution in [-0.2, 0) is 38.9 Å². The maximum Gasteiger partial charge on any atom is 0.254 e. The number of nitrogens with one attached hydrogen (secondary N) is 8. The number of hydrogen-bond acceptors (Lipinski definition) is 20. The highest BCUT2D eigenvalue weighted by molar-refractivity contribution is 6.08.